The minimum atomic E-state index is -0.859. The van der Waals surface area contributed by atoms with Crippen molar-refractivity contribution >= 4 is 17.7 Å². The molecule has 0 saturated heterocycles. The first-order chi connectivity index (χ1) is 9.58. The molecule has 0 heterocycles. The van der Waals surface area contributed by atoms with E-state index in [9.17, 15) is 9.90 Å². The summed E-state index contributed by atoms with van der Waals surface area (Å²) >= 11 is 1.44. The first kappa shape index (κ1) is 14.0. The van der Waals surface area contributed by atoms with Crippen LogP contribution in [0.2, 0.25) is 0 Å². The summed E-state index contributed by atoms with van der Waals surface area (Å²) in [4.78, 5) is 12.4. The lowest BCUT2D eigenvalue weighted by molar-refractivity contribution is -0.136. The topological polar surface area (TPSA) is 81.3 Å². The number of rotatable bonds is 4. The van der Waals surface area contributed by atoms with Crippen LogP contribution in [0.25, 0.3) is 0 Å². The van der Waals surface area contributed by atoms with E-state index in [2.05, 4.69) is 0 Å². The Morgan fingerprint density at radius 3 is 2.40 bits per heavy atom. The van der Waals surface area contributed by atoms with E-state index in [1.807, 2.05) is 18.2 Å². The molecule has 2 aromatic rings. The largest absolute Gasteiger partial charge is 0.507 e. The second-order valence-corrected chi connectivity index (χ2v) is 5.25. The molecule has 0 aliphatic heterocycles. The second-order valence-electron chi connectivity index (χ2n) is 4.11. The highest BCUT2D eigenvalue weighted by atomic mass is 32.2. The highest BCUT2D eigenvalue weighted by molar-refractivity contribution is 7.99. The molecule has 2 rings (SSSR count). The van der Waals surface area contributed by atoms with Gasteiger partial charge in [0.15, 0.2) is 0 Å². The Hall–Kier alpha value is -2.45. The molecule has 2 aromatic carbocycles. The summed E-state index contributed by atoms with van der Waals surface area (Å²) in [5.74, 6) is -0.892. The third kappa shape index (κ3) is 3.53. The van der Waals surface area contributed by atoms with Gasteiger partial charge in [0.2, 0.25) is 0 Å². The van der Waals surface area contributed by atoms with E-state index < -0.39 is 5.97 Å². The average Bonchev–Trinajstić information content (AvgIpc) is 2.42. The molecular weight excluding hydrogens is 274 g/mol. The monoisotopic (exact) mass is 285 g/mol. The Kier molecular flexibility index (Phi) is 4.28. The fourth-order valence-corrected chi connectivity index (χ4v) is 2.51. The van der Waals surface area contributed by atoms with Gasteiger partial charge in [0.1, 0.15) is 11.8 Å². The van der Waals surface area contributed by atoms with E-state index in [1.54, 1.807) is 24.3 Å². The van der Waals surface area contributed by atoms with E-state index >= 15 is 0 Å². The molecule has 0 unspecified atom stereocenters. The molecule has 0 aromatic heterocycles. The summed E-state index contributed by atoms with van der Waals surface area (Å²) in [6, 6.07) is 14.0. The molecule has 0 radical (unpaired) electrons. The molecule has 0 fully saturated rings. The number of phenols is 1. The normalized spacial score (nSPS) is 9.95. The molecule has 5 heteroatoms. The standard InChI is InChI=1S/C15H11NO3S/c16-9-11-8-13(5-6-14(11)17)20-12-3-1-10(2-4-12)7-15(18)19/h1-6,8,17H,7H2,(H,18,19). The van der Waals surface area contributed by atoms with Crippen LogP contribution in [0.15, 0.2) is 52.3 Å². The first-order valence-corrected chi connectivity index (χ1v) is 6.62. The van der Waals surface area contributed by atoms with Gasteiger partial charge in [0, 0.05) is 9.79 Å². The third-order valence-electron chi connectivity index (χ3n) is 2.60. The number of aromatic hydroxyl groups is 1. The van der Waals surface area contributed by atoms with Crippen LogP contribution in [0.1, 0.15) is 11.1 Å². The maximum Gasteiger partial charge on any atom is 0.307 e. The number of benzene rings is 2. The second kappa shape index (κ2) is 6.13. The van der Waals surface area contributed by atoms with E-state index in [1.165, 1.54) is 17.8 Å². The molecule has 0 bridgehead atoms. The van der Waals surface area contributed by atoms with E-state index in [-0.39, 0.29) is 17.7 Å². The maximum absolute atomic E-state index is 10.6. The van der Waals surface area contributed by atoms with Gasteiger partial charge in [-0.25, -0.2) is 0 Å². The smallest absolute Gasteiger partial charge is 0.307 e. The molecule has 100 valence electrons. The predicted molar refractivity (Wildman–Crippen MR) is 74.7 cm³/mol. The van der Waals surface area contributed by atoms with Crippen molar-refractivity contribution in [2.45, 2.75) is 16.2 Å². The summed E-state index contributed by atoms with van der Waals surface area (Å²) in [6.45, 7) is 0. The quantitative estimate of drug-likeness (QED) is 0.902. The number of carbonyl (C=O) groups is 1. The number of nitriles is 1. The van der Waals surface area contributed by atoms with Gasteiger partial charge in [0.05, 0.1) is 12.0 Å². The fraction of sp³-hybridized carbons (Fsp3) is 0.0667. The zero-order valence-electron chi connectivity index (χ0n) is 10.4. The lowest BCUT2D eigenvalue weighted by Gasteiger charge is -2.04. The van der Waals surface area contributed by atoms with Crippen LogP contribution in [0, 0.1) is 11.3 Å². The average molecular weight is 285 g/mol. The van der Waals surface area contributed by atoms with Crippen LogP contribution in [0.3, 0.4) is 0 Å². The number of nitrogens with zero attached hydrogens (tertiary/aromatic N) is 1. The summed E-state index contributed by atoms with van der Waals surface area (Å²) in [7, 11) is 0. The van der Waals surface area contributed by atoms with Gasteiger partial charge in [-0.15, -0.1) is 0 Å². The van der Waals surface area contributed by atoms with Gasteiger partial charge in [-0.2, -0.15) is 5.26 Å². The minimum absolute atomic E-state index is 0.00271. The molecule has 0 amide bonds. The Morgan fingerprint density at radius 2 is 1.80 bits per heavy atom. The maximum atomic E-state index is 10.6. The van der Waals surface area contributed by atoms with Crippen LogP contribution in [0.5, 0.6) is 5.75 Å². The Labute approximate surface area is 120 Å². The van der Waals surface area contributed by atoms with Crippen LogP contribution in [0.4, 0.5) is 0 Å². The zero-order chi connectivity index (χ0) is 14.5. The summed E-state index contributed by atoms with van der Waals surface area (Å²) in [5.41, 5.74) is 0.975. The molecular formula is C15H11NO3S. The van der Waals surface area contributed by atoms with E-state index in [0.717, 1.165) is 15.4 Å². The Morgan fingerprint density at radius 1 is 1.15 bits per heavy atom. The van der Waals surface area contributed by atoms with Crippen LogP contribution < -0.4 is 0 Å². The molecule has 4 nitrogen and oxygen atoms in total. The number of hydrogen-bond acceptors (Lipinski definition) is 4. The van der Waals surface area contributed by atoms with Crippen molar-refractivity contribution in [3.63, 3.8) is 0 Å². The molecule has 0 atom stereocenters. The van der Waals surface area contributed by atoms with Gasteiger partial charge in [-0.05, 0) is 35.9 Å². The van der Waals surface area contributed by atoms with Gasteiger partial charge in [-0.1, -0.05) is 23.9 Å². The highest BCUT2D eigenvalue weighted by Gasteiger charge is 2.04. The summed E-state index contributed by atoms with van der Waals surface area (Å²) in [5, 5.41) is 27.0. The zero-order valence-corrected chi connectivity index (χ0v) is 11.2. The lowest BCUT2D eigenvalue weighted by atomic mass is 10.2. The van der Waals surface area contributed by atoms with Crippen LogP contribution >= 0.6 is 11.8 Å². The number of phenolic OH excluding ortho intramolecular Hbond substituents is 1. The first-order valence-electron chi connectivity index (χ1n) is 5.80. The molecule has 0 saturated carbocycles. The number of aliphatic carboxylic acids is 1. The van der Waals surface area contributed by atoms with Crippen LogP contribution in [-0.4, -0.2) is 16.2 Å². The number of carboxylic acids is 1. The third-order valence-corrected chi connectivity index (χ3v) is 3.60. The van der Waals surface area contributed by atoms with Gasteiger partial charge < -0.3 is 10.2 Å². The molecule has 0 aliphatic rings. The fourth-order valence-electron chi connectivity index (χ4n) is 1.65. The number of hydrogen-bond donors (Lipinski definition) is 2. The van der Waals surface area contributed by atoms with Crippen molar-refractivity contribution in [2.75, 3.05) is 0 Å². The summed E-state index contributed by atoms with van der Waals surface area (Å²) < 4.78 is 0. The van der Waals surface area contributed by atoms with Crippen molar-refractivity contribution in [2.24, 2.45) is 0 Å². The SMILES string of the molecule is N#Cc1cc(Sc2ccc(CC(=O)O)cc2)ccc1O. The van der Waals surface area contributed by atoms with Crippen LogP contribution in [-0.2, 0) is 11.2 Å². The molecule has 0 spiro atoms. The van der Waals surface area contributed by atoms with Gasteiger partial charge in [-0.3, -0.25) is 4.79 Å². The molecule has 2 N–H and O–H groups in total. The highest BCUT2D eigenvalue weighted by Crippen LogP contribution is 2.30. The van der Waals surface area contributed by atoms with Gasteiger partial charge in [0.25, 0.3) is 0 Å². The predicted octanol–water partition coefficient (Wildman–Crippen LogP) is 3.04. The Balaban J connectivity index is 2.14. The van der Waals surface area contributed by atoms with Crippen molar-refractivity contribution in [1.29, 1.82) is 5.26 Å². The molecule has 0 aliphatic carbocycles. The minimum Gasteiger partial charge on any atom is -0.507 e. The molecule has 20 heavy (non-hydrogen) atoms. The van der Waals surface area contributed by atoms with Crippen molar-refractivity contribution in [3.05, 3.63) is 53.6 Å². The summed E-state index contributed by atoms with van der Waals surface area (Å²) in [6.07, 6.45) is 0.00271. The van der Waals surface area contributed by atoms with Crippen molar-refractivity contribution in [3.8, 4) is 11.8 Å². The van der Waals surface area contributed by atoms with E-state index in [4.69, 9.17) is 10.4 Å². The lowest BCUT2D eigenvalue weighted by Crippen LogP contribution is -1.99. The number of carboxylic acid groups (broad SMARTS) is 1. The van der Waals surface area contributed by atoms with Gasteiger partial charge >= 0.3 is 5.97 Å². The van der Waals surface area contributed by atoms with E-state index in [0.29, 0.717) is 0 Å². The van der Waals surface area contributed by atoms with Crippen molar-refractivity contribution < 1.29 is 15.0 Å². The van der Waals surface area contributed by atoms with Crippen molar-refractivity contribution in [1.82, 2.24) is 0 Å². The Bertz CT molecular complexity index is 675.